The van der Waals surface area contributed by atoms with Gasteiger partial charge >= 0.3 is 0 Å². The molecule has 0 saturated heterocycles. The van der Waals surface area contributed by atoms with Gasteiger partial charge in [-0.3, -0.25) is 0 Å². The van der Waals surface area contributed by atoms with E-state index in [4.69, 9.17) is 11.6 Å². The van der Waals surface area contributed by atoms with E-state index in [-0.39, 0.29) is 0 Å². The van der Waals surface area contributed by atoms with E-state index in [1.807, 2.05) is 0 Å². The van der Waals surface area contributed by atoms with Gasteiger partial charge in [0.2, 0.25) is 0 Å². The van der Waals surface area contributed by atoms with E-state index >= 15 is 0 Å². The summed E-state index contributed by atoms with van der Waals surface area (Å²) < 4.78 is 0. The zero-order valence-electron chi connectivity index (χ0n) is 6.13. The third-order valence-electron chi connectivity index (χ3n) is 2.11. The Labute approximate surface area is 70.6 Å². The van der Waals surface area contributed by atoms with E-state index in [2.05, 4.69) is 9.97 Å². The molecule has 0 radical (unpaired) electrons. The first kappa shape index (κ1) is 7.04. The molecular formula is C8H9ClN2. The molecular weight excluding hydrogens is 160 g/mol. The molecule has 1 aromatic rings. The van der Waals surface area contributed by atoms with Gasteiger partial charge in [0.05, 0.1) is 5.02 Å². The summed E-state index contributed by atoms with van der Waals surface area (Å²) in [5.74, 6) is 1.56. The van der Waals surface area contributed by atoms with Crippen LogP contribution in [0.1, 0.15) is 31.0 Å². The average molecular weight is 169 g/mol. The van der Waals surface area contributed by atoms with Crippen molar-refractivity contribution >= 4 is 11.6 Å². The molecule has 0 amide bonds. The lowest BCUT2D eigenvalue weighted by Gasteiger charge is -2.23. The quantitative estimate of drug-likeness (QED) is 0.644. The Morgan fingerprint density at radius 3 is 2.36 bits per heavy atom. The molecule has 1 aromatic heterocycles. The van der Waals surface area contributed by atoms with Gasteiger partial charge < -0.3 is 0 Å². The minimum atomic E-state index is 0.604. The minimum Gasteiger partial charge on any atom is -0.240 e. The minimum absolute atomic E-state index is 0.604. The summed E-state index contributed by atoms with van der Waals surface area (Å²) in [7, 11) is 0. The third kappa shape index (κ3) is 1.36. The van der Waals surface area contributed by atoms with Crippen molar-refractivity contribution in [1.29, 1.82) is 0 Å². The van der Waals surface area contributed by atoms with E-state index in [1.165, 1.54) is 19.3 Å². The van der Waals surface area contributed by atoms with Gasteiger partial charge in [-0.1, -0.05) is 18.0 Å². The normalized spacial score (nSPS) is 17.9. The van der Waals surface area contributed by atoms with Gasteiger partial charge in [0.15, 0.2) is 0 Å². The zero-order valence-corrected chi connectivity index (χ0v) is 6.88. The van der Waals surface area contributed by atoms with E-state index < -0.39 is 0 Å². The van der Waals surface area contributed by atoms with Gasteiger partial charge in [-0.2, -0.15) is 0 Å². The molecule has 0 aliphatic heterocycles. The highest BCUT2D eigenvalue weighted by Crippen LogP contribution is 2.33. The van der Waals surface area contributed by atoms with Gasteiger partial charge in [-0.15, -0.1) is 0 Å². The van der Waals surface area contributed by atoms with E-state index in [0.717, 1.165) is 5.82 Å². The molecule has 1 aliphatic rings. The number of halogens is 1. The molecule has 2 nitrogen and oxygen atoms in total. The second-order valence-corrected chi connectivity index (χ2v) is 3.32. The average Bonchev–Trinajstić information content (AvgIpc) is 1.90. The molecule has 0 atom stereocenters. The predicted octanol–water partition coefficient (Wildman–Crippen LogP) is 2.40. The Bertz CT molecular complexity index is 241. The summed E-state index contributed by atoms with van der Waals surface area (Å²) in [6, 6.07) is 0. The Morgan fingerprint density at radius 2 is 1.91 bits per heavy atom. The second kappa shape index (κ2) is 2.78. The summed E-state index contributed by atoms with van der Waals surface area (Å²) >= 11 is 5.65. The second-order valence-electron chi connectivity index (χ2n) is 2.89. The Kier molecular flexibility index (Phi) is 1.78. The van der Waals surface area contributed by atoms with Crippen LogP contribution < -0.4 is 0 Å². The Hall–Kier alpha value is -0.630. The molecule has 1 aliphatic carbocycles. The molecule has 1 saturated carbocycles. The Balaban J connectivity index is 2.18. The first-order chi connectivity index (χ1) is 5.36. The summed E-state index contributed by atoms with van der Waals surface area (Å²) in [6.07, 6.45) is 7.13. The van der Waals surface area contributed by atoms with Crippen LogP contribution in [0.3, 0.4) is 0 Å². The predicted molar refractivity (Wildman–Crippen MR) is 43.6 cm³/mol. The van der Waals surface area contributed by atoms with Gasteiger partial charge in [0.1, 0.15) is 5.82 Å². The van der Waals surface area contributed by atoms with Crippen molar-refractivity contribution in [2.45, 2.75) is 25.2 Å². The van der Waals surface area contributed by atoms with E-state index in [1.54, 1.807) is 12.4 Å². The maximum Gasteiger partial charge on any atom is 0.131 e. The first-order valence-corrected chi connectivity index (χ1v) is 4.21. The highest BCUT2D eigenvalue weighted by Gasteiger charge is 2.21. The van der Waals surface area contributed by atoms with E-state index in [0.29, 0.717) is 10.9 Å². The lowest BCUT2D eigenvalue weighted by Crippen LogP contribution is -2.11. The van der Waals surface area contributed by atoms with E-state index in [9.17, 15) is 0 Å². The molecule has 1 fully saturated rings. The van der Waals surface area contributed by atoms with Crippen LogP contribution in [0.5, 0.6) is 0 Å². The van der Waals surface area contributed by atoms with Crippen molar-refractivity contribution in [1.82, 2.24) is 9.97 Å². The summed E-state index contributed by atoms with van der Waals surface area (Å²) in [5.41, 5.74) is 0. The lowest BCUT2D eigenvalue weighted by atomic mass is 9.85. The molecule has 58 valence electrons. The Morgan fingerprint density at radius 1 is 1.27 bits per heavy atom. The van der Waals surface area contributed by atoms with Crippen LogP contribution in [0.15, 0.2) is 12.4 Å². The molecule has 0 aromatic carbocycles. The number of hydrogen-bond donors (Lipinski definition) is 0. The lowest BCUT2D eigenvalue weighted by molar-refractivity contribution is 0.401. The largest absolute Gasteiger partial charge is 0.240 e. The standard InChI is InChI=1S/C8H9ClN2/c9-7-4-10-8(11-5-7)6-2-1-3-6/h4-6H,1-3H2. The maximum atomic E-state index is 5.65. The van der Waals surface area contributed by atoms with Crippen molar-refractivity contribution in [2.24, 2.45) is 0 Å². The molecule has 1 heterocycles. The molecule has 11 heavy (non-hydrogen) atoms. The van der Waals surface area contributed by atoms with Crippen molar-refractivity contribution in [3.63, 3.8) is 0 Å². The first-order valence-electron chi connectivity index (χ1n) is 3.84. The highest BCUT2D eigenvalue weighted by molar-refractivity contribution is 6.30. The number of hydrogen-bond acceptors (Lipinski definition) is 2. The van der Waals surface area contributed by atoms with Gasteiger partial charge in [-0.25, -0.2) is 9.97 Å². The maximum absolute atomic E-state index is 5.65. The van der Waals surface area contributed by atoms with Crippen molar-refractivity contribution < 1.29 is 0 Å². The van der Waals surface area contributed by atoms with Gasteiger partial charge in [0, 0.05) is 18.3 Å². The van der Waals surface area contributed by atoms with Crippen molar-refractivity contribution in [3.05, 3.63) is 23.2 Å². The smallest absolute Gasteiger partial charge is 0.131 e. The third-order valence-corrected chi connectivity index (χ3v) is 2.31. The molecule has 0 spiro atoms. The SMILES string of the molecule is Clc1cnc(C2CCC2)nc1. The monoisotopic (exact) mass is 168 g/mol. The van der Waals surface area contributed by atoms with Crippen molar-refractivity contribution in [3.8, 4) is 0 Å². The fraction of sp³-hybridized carbons (Fsp3) is 0.500. The fourth-order valence-corrected chi connectivity index (χ4v) is 1.30. The molecule has 0 N–H and O–H groups in total. The van der Waals surface area contributed by atoms with Crippen LogP contribution in [0, 0.1) is 0 Å². The molecule has 0 bridgehead atoms. The fourth-order valence-electron chi connectivity index (χ4n) is 1.20. The molecule has 3 heteroatoms. The number of aromatic nitrogens is 2. The molecule has 2 rings (SSSR count). The highest BCUT2D eigenvalue weighted by atomic mass is 35.5. The summed E-state index contributed by atoms with van der Waals surface area (Å²) in [4.78, 5) is 8.31. The summed E-state index contributed by atoms with van der Waals surface area (Å²) in [5, 5.41) is 0.619. The zero-order chi connectivity index (χ0) is 7.68. The van der Waals surface area contributed by atoms with Crippen LogP contribution in [-0.2, 0) is 0 Å². The molecule has 0 unspecified atom stereocenters. The number of nitrogens with zero attached hydrogens (tertiary/aromatic N) is 2. The van der Waals surface area contributed by atoms with Crippen LogP contribution in [0.2, 0.25) is 5.02 Å². The van der Waals surface area contributed by atoms with Crippen LogP contribution in [-0.4, -0.2) is 9.97 Å². The topological polar surface area (TPSA) is 25.8 Å². The van der Waals surface area contributed by atoms with Crippen molar-refractivity contribution in [2.75, 3.05) is 0 Å². The van der Waals surface area contributed by atoms with Gasteiger partial charge in [-0.05, 0) is 12.8 Å². The number of rotatable bonds is 1. The summed E-state index contributed by atoms with van der Waals surface area (Å²) in [6.45, 7) is 0. The van der Waals surface area contributed by atoms with Crippen LogP contribution in [0.4, 0.5) is 0 Å². The van der Waals surface area contributed by atoms with Crippen LogP contribution in [0.25, 0.3) is 0 Å². The van der Waals surface area contributed by atoms with Gasteiger partial charge in [0.25, 0.3) is 0 Å². The van der Waals surface area contributed by atoms with Crippen LogP contribution >= 0.6 is 11.6 Å².